The van der Waals surface area contributed by atoms with Gasteiger partial charge in [0, 0.05) is 27.6 Å². The normalized spacial score (nSPS) is 12.0. The molecule has 6 aromatic rings. The van der Waals surface area contributed by atoms with Gasteiger partial charge in [-0.05, 0) is 107 Å². The first-order valence-electron chi connectivity index (χ1n) is 13.5. The third-order valence-corrected chi connectivity index (χ3v) is 7.69. The summed E-state index contributed by atoms with van der Waals surface area (Å²) in [5.41, 5.74) is 12.7. The highest BCUT2D eigenvalue weighted by molar-refractivity contribution is 6.11. The van der Waals surface area contributed by atoms with Gasteiger partial charge < -0.3 is 4.42 Å². The average Bonchev–Trinajstić information content (AvgIpc) is 3.29. The molecule has 0 N–H and O–H groups in total. The molecule has 0 amide bonds. The SMILES string of the molecule is Cc1cc(-c2ccccc2)nc(C(C)(C)c2cc(C)cc(-c3ccc(C)c4c3oc3nc(C)cc(C)c34)n2)c1. The standard InChI is InChI=1S/C35H33N3O/c1-20-15-27(25-11-9-8-10-12-25)37-29(17-20)35(6,7)30-18-21(2)16-28(38-30)26-14-13-22(3)31-32-23(4)19-24(5)36-34(32)39-33(26)31/h8-19H,1-7H3. The van der Waals surface area contributed by atoms with Gasteiger partial charge >= 0.3 is 0 Å². The number of pyridine rings is 3. The summed E-state index contributed by atoms with van der Waals surface area (Å²) in [5, 5.41) is 2.20. The number of fused-ring (bicyclic) bond motifs is 3. The maximum Gasteiger partial charge on any atom is 0.227 e. The van der Waals surface area contributed by atoms with E-state index in [1.165, 1.54) is 16.7 Å². The molecule has 0 unspecified atom stereocenters. The van der Waals surface area contributed by atoms with Crippen molar-refractivity contribution in [1.82, 2.24) is 15.0 Å². The van der Waals surface area contributed by atoms with Crippen LogP contribution in [0.4, 0.5) is 0 Å². The summed E-state index contributed by atoms with van der Waals surface area (Å²) < 4.78 is 6.45. The molecular formula is C35H33N3O. The number of aromatic nitrogens is 3. The number of hydrogen-bond donors (Lipinski definition) is 0. The van der Waals surface area contributed by atoms with Crippen molar-refractivity contribution in [1.29, 1.82) is 0 Å². The number of nitrogens with zero attached hydrogens (tertiary/aromatic N) is 3. The van der Waals surface area contributed by atoms with Crippen molar-refractivity contribution in [2.75, 3.05) is 0 Å². The Morgan fingerprint density at radius 1 is 0.615 bits per heavy atom. The fourth-order valence-electron chi connectivity index (χ4n) is 5.58. The van der Waals surface area contributed by atoms with E-state index in [4.69, 9.17) is 19.4 Å². The molecule has 0 bridgehead atoms. The second kappa shape index (κ2) is 9.16. The average molecular weight is 512 g/mol. The lowest BCUT2D eigenvalue weighted by atomic mass is 9.83. The van der Waals surface area contributed by atoms with Gasteiger partial charge in [-0.25, -0.2) is 4.98 Å². The molecule has 4 nitrogen and oxygen atoms in total. The molecule has 4 heterocycles. The van der Waals surface area contributed by atoms with Crippen molar-refractivity contribution in [3.05, 3.63) is 112 Å². The molecule has 6 rings (SSSR count). The topological polar surface area (TPSA) is 51.8 Å². The molecule has 0 spiro atoms. The van der Waals surface area contributed by atoms with Crippen LogP contribution in [-0.4, -0.2) is 15.0 Å². The van der Waals surface area contributed by atoms with Crippen molar-refractivity contribution in [3.63, 3.8) is 0 Å². The molecule has 39 heavy (non-hydrogen) atoms. The highest BCUT2D eigenvalue weighted by Crippen LogP contribution is 2.40. The van der Waals surface area contributed by atoms with Crippen LogP contribution in [-0.2, 0) is 5.41 Å². The Bertz CT molecular complexity index is 1880. The molecular weight excluding hydrogens is 478 g/mol. The van der Waals surface area contributed by atoms with Crippen LogP contribution in [0.2, 0.25) is 0 Å². The summed E-state index contributed by atoms with van der Waals surface area (Å²) in [5.74, 6) is 0. The second-order valence-electron chi connectivity index (χ2n) is 11.3. The fraction of sp³-hybridized carbons (Fsp3) is 0.229. The van der Waals surface area contributed by atoms with Crippen LogP contribution in [0.3, 0.4) is 0 Å². The Balaban J connectivity index is 1.53. The van der Waals surface area contributed by atoms with Gasteiger partial charge in [-0.15, -0.1) is 0 Å². The van der Waals surface area contributed by atoms with Gasteiger partial charge in [-0.3, -0.25) is 9.97 Å². The van der Waals surface area contributed by atoms with Crippen LogP contribution in [0.1, 0.15) is 53.2 Å². The Labute approximate surface area is 229 Å². The number of rotatable bonds is 4. The van der Waals surface area contributed by atoms with E-state index < -0.39 is 5.41 Å². The van der Waals surface area contributed by atoms with E-state index >= 15 is 0 Å². The van der Waals surface area contributed by atoms with E-state index in [0.29, 0.717) is 5.71 Å². The Morgan fingerprint density at radius 2 is 1.26 bits per heavy atom. The number of benzene rings is 2. The predicted molar refractivity (Wildman–Crippen MR) is 160 cm³/mol. The Hall–Kier alpha value is -4.31. The summed E-state index contributed by atoms with van der Waals surface area (Å²) in [7, 11) is 0. The molecule has 194 valence electrons. The minimum absolute atomic E-state index is 0.413. The molecule has 4 heteroatoms. The number of hydrogen-bond acceptors (Lipinski definition) is 4. The van der Waals surface area contributed by atoms with Crippen molar-refractivity contribution >= 4 is 22.1 Å². The van der Waals surface area contributed by atoms with E-state index in [2.05, 4.69) is 108 Å². The third-order valence-electron chi connectivity index (χ3n) is 7.69. The maximum atomic E-state index is 6.45. The molecule has 0 radical (unpaired) electrons. The van der Waals surface area contributed by atoms with E-state index in [9.17, 15) is 0 Å². The highest BCUT2D eigenvalue weighted by Gasteiger charge is 2.29. The zero-order valence-electron chi connectivity index (χ0n) is 23.7. The number of aryl methyl sites for hydroxylation is 5. The molecule has 0 saturated carbocycles. The summed E-state index contributed by atoms with van der Waals surface area (Å²) in [6.07, 6.45) is 0. The minimum atomic E-state index is -0.413. The van der Waals surface area contributed by atoms with Gasteiger partial charge in [0.1, 0.15) is 5.58 Å². The molecule has 0 atom stereocenters. The van der Waals surface area contributed by atoms with Gasteiger partial charge in [-0.2, -0.15) is 0 Å². The van der Waals surface area contributed by atoms with Crippen LogP contribution in [0, 0.1) is 34.6 Å². The molecule has 0 aliphatic heterocycles. The molecule has 0 aliphatic rings. The van der Waals surface area contributed by atoms with Gasteiger partial charge in [0.15, 0.2) is 0 Å². The second-order valence-corrected chi connectivity index (χ2v) is 11.3. The van der Waals surface area contributed by atoms with E-state index in [1.54, 1.807) is 0 Å². The molecule has 0 aliphatic carbocycles. The van der Waals surface area contributed by atoms with E-state index in [0.717, 1.165) is 61.5 Å². The first kappa shape index (κ1) is 25.0. The van der Waals surface area contributed by atoms with E-state index in [-0.39, 0.29) is 0 Å². The van der Waals surface area contributed by atoms with E-state index in [1.807, 2.05) is 13.0 Å². The van der Waals surface area contributed by atoms with Gasteiger partial charge in [0.25, 0.3) is 0 Å². The zero-order chi connectivity index (χ0) is 27.5. The molecule has 0 fully saturated rings. The van der Waals surface area contributed by atoms with Gasteiger partial charge in [0.2, 0.25) is 5.71 Å². The third kappa shape index (κ3) is 4.30. The summed E-state index contributed by atoms with van der Waals surface area (Å²) >= 11 is 0. The lowest BCUT2D eigenvalue weighted by molar-refractivity contribution is 0.595. The van der Waals surface area contributed by atoms with Crippen molar-refractivity contribution in [2.24, 2.45) is 0 Å². The van der Waals surface area contributed by atoms with Crippen molar-refractivity contribution in [3.8, 4) is 22.5 Å². The van der Waals surface area contributed by atoms with Crippen molar-refractivity contribution < 1.29 is 4.42 Å². The quantitative estimate of drug-likeness (QED) is 0.237. The lowest BCUT2D eigenvalue weighted by Gasteiger charge is -2.26. The van der Waals surface area contributed by atoms with Crippen LogP contribution < -0.4 is 0 Å². The van der Waals surface area contributed by atoms with Crippen LogP contribution in [0.25, 0.3) is 44.6 Å². The van der Waals surface area contributed by atoms with Crippen LogP contribution >= 0.6 is 0 Å². The van der Waals surface area contributed by atoms with Crippen molar-refractivity contribution in [2.45, 2.75) is 53.9 Å². The van der Waals surface area contributed by atoms with Crippen LogP contribution in [0.15, 0.2) is 77.2 Å². The summed E-state index contributed by atoms with van der Waals surface area (Å²) in [6, 6.07) is 25.4. The largest absolute Gasteiger partial charge is 0.437 e. The minimum Gasteiger partial charge on any atom is -0.437 e. The van der Waals surface area contributed by atoms with Gasteiger partial charge in [0.05, 0.1) is 28.2 Å². The number of furan rings is 1. The zero-order valence-corrected chi connectivity index (χ0v) is 23.7. The van der Waals surface area contributed by atoms with Crippen LogP contribution in [0.5, 0.6) is 0 Å². The first-order chi connectivity index (χ1) is 18.6. The maximum absolute atomic E-state index is 6.45. The molecule has 4 aromatic heterocycles. The lowest BCUT2D eigenvalue weighted by Crippen LogP contribution is -2.23. The summed E-state index contributed by atoms with van der Waals surface area (Å²) in [4.78, 5) is 15.1. The fourth-order valence-corrected chi connectivity index (χ4v) is 5.58. The highest BCUT2D eigenvalue weighted by atomic mass is 16.3. The predicted octanol–water partition coefficient (Wildman–Crippen LogP) is 8.97. The Kier molecular flexibility index (Phi) is 5.87. The smallest absolute Gasteiger partial charge is 0.227 e. The Morgan fingerprint density at radius 3 is 1.95 bits per heavy atom. The molecule has 0 saturated heterocycles. The summed E-state index contributed by atoms with van der Waals surface area (Å²) in [6.45, 7) is 14.9. The molecule has 2 aromatic carbocycles. The first-order valence-corrected chi connectivity index (χ1v) is 13.5. The monoisotopic (exact) mass is 511 g/mol. The van der Waals surface area contributed by atoms with Gasteiger partial charge in [-0.1, -0.05) is 36.4 Å².